The molecule has 0 saturated heterocycles. The average Bonchev–Trinajstić information content (AvgIpc) is 2.97. The molecule has 6 heteroatoms. The molecule has 0 spiro atoms. The van der Waals surface area contributed by atoms with Gasteiger partial charge in [0.25, 0.3) is 0 Å². The van der Waals surface area contributed by atoms with Gasteiger partial charge in [-0.3, -0.25) is 0 Å². The molecule has 0 fully saturated rings. The van der Waals surface area contributed by atoms with Crippen LogP contribution in [-0.4, -0.2) is 10.2 Å². The first-order chi connectivity index (χ1) is 11.1. The first-order valence-corrected chi connectivity index (χ1v) is 9.28. The van der Waals surface area contributed by atoms with Crippen LogP contribution in [-0.2, 0) is 0 Å². The normalized spacial score (nSPS) is 12.1. The van der Waals surface area contributed by atoms with E-state index >= 15 is 0 Å². The van der Waals surface area contributed by atoms with Crippen LogP contribution in [0.5, 0.6) is 0 Å². The predicted octanol–water partition coefficient (Wildman–Crippen LogP) is 6.10. The van der Waals surface area contributed by atoms with Crippen molar-refractivity contribution in [1.82, 2.24) is 10.2 Å². The summed E-state index contributed by atoms with van der Waals surface area (Å²) in [7, 11) is 0. The van der Waals surface area contributed by atoms with Gasteiger partial charge in [-0.15, -0.1) is 10.2 Å². The van der Waals surface area contributed by atoms with Gasteiger partial charge in [0.05, 0.1) is 0 Å². The Hall–Kier alpha value is -1.56. The number of para-hydroxylation sites is 1. The lowest BCUT2D eigenvalue weighted by Gasteiger charge is -2.10. The quantitative estimate of drug-likeness (QED) is 0.557. The van der Waals surface area contributed by atoms with Crippen LogP contribution in [0.1, 0.15) is 23.3 Å². The minimum absolute atomic E-state index is 0.225. The highest BCUT2D eigenvalue weighted by Gasteiger charge is 2.14. The topological polar surface area (TPSA) is 37.8 Å². The first kappa shape index (κ1) is 16.3. The van der Waals surface area contributed by atoms with Crippen molar-refractivity contribution >= 4 is 45.5 Å². The molecular weight excluding hydrogens is 346 g/mol. The molecule has 0 aliphatic rings. The van der Waals surface area contributed by atoms with Crippen molar-refractivity contribution in [2.45, 2.75) is 23.4 Å². The van der Waals surface area contributed by atoms with Crippen molar-refractivity contribution in [2.75, 3.05) is 5.32 Å². The summed E-state index contributed by atoms with van der Waals surface area (Å²) < 4.78 is 0.925. The molecule has 0 unspecified atom stereocenters. The van der Waals surface area contributed by atoms with E-state index in [4.69, 9.17) is 11.6 Å². The highest BCUT2D eigenvalue weighted by molar-refractivity contribution is 8.01. The molecule has 23 heavy (non-hydrogen) atoms. The van der Waals surface area contributed by atoms with Crippen molar-refractivity contribution < 1.29 is 0 Å². The second kappa shape index (κ2) is 7.34. The minimum atomic E-state index is 0.225. The molecule has 1 heterocycles. The van der Waals surface area contributed by atoms with Gasteiger partial charge in [0, 0.05) is 16.0 Å². The molecule has 3 aromatic rings. The number of rotatable bonds is 5. The first-order valence-electron chi connectivity index (χ1n) is 7.20. The Kier molecular flexibility index (Phi) is 5.20. The van der Waals surface area contributed by atoms with Gasteiger partial charge in [-0.1, -0.05) is 71.1 Å². The fourth-order valence-corrected chi connectivity index (χ4v) is 4.59. The molecule has 3 rings (SSSR count). The molecule has 0 saturated carbocycles. The zero-order valence-corrected chi connectivity index (χ0v) is 15.2. The van der Waals surface area contributed by atoms with Crippen LogP contribution in [0.25, 0.3) is 0 Å². The summed E-state index contributed by atoms with van der Waals surface area (Å²) >= 11 is 9.48. The van der Waals surface area contributed by atoms with Gasteiger partial charge in [-0.05, 0) is 37.1 Å². The van der Waals surface area contributed by atoms with Crippen molar-refractivity contribution in [1.29, 1.82) is 0 Å². The van der Waals surface area contributed by atoms with Gasteiger partial charge >= 0.3 is 0 Å². The van der Waals surface area contributed by atoms with Crippen LogP contribution < -0.4 is 5.32 Å². The summed E-state index contributed by atoms with van der Waals surface area (Å²) in [6.45, 7) is 4.19. The fourth-order valence-electron chi connectivity index (χ4n) is 2.16. The van der Waals surface area contributed by atoms with Gasteiger partial charge in [-0.2, -0.15) is 0 Å². The third kappa shape index (κ3) is 4.05. The molecule has 1 N–H and O–H groups in total. The summed E-state index contributed by atoms with van der Waals surface area (Å²) in [5, 5.41) is 13.6. The average molecular weight is 362 g/mol. The Bertz CT molecular complexity index is 804. The molecule has 0 aliphatic heterocycles. The summed E-state index contributed by atoms with van der Waals surface area (Å²) in [5.41, 5.74) is 3.35. The maximum absolute atomic E-state index is 6.26. The number of anilines is 2. The fraction of sp³-hybridized carbons (Fsp3) is 0.176. The molecule has 0 aliphatic carbocycles. The zero-order valence-electron chi connectivity index (χ0n) is 12.8. The van der Waals surface area contributed by atoms with Gasteiger partial charge in [-0.25, -0.2) is 0 Å². The monoisotopic (exact) mass is 361 g/mol. The number of nitrogens with one attached hydrogen (secondary N) is 1. The van der Waals surface area contributed by atoms with Crippen LogP contribution in [0, 0.1) is 6.92 Å². The molecule has 0 amide bonds. The molecule has 1 aromatic heterocycles. The van der Waals surface area contributed by atoms with E-state index in [1.54, 1.807) is 23.1 Å². The van der Waals surface area contributed by atoms with Crippen LogP contribution >= 0.6 is 34.7 Å². The zero-order chi connectivity index (χ0) is 16.2. The van der Waals surface area contributed by atoms with Gasteiger partial charge in [0.1, 0.15) is 0 Å². The van der Waals surface area contributed by atoms with E-state index in [1.165, 1.54) is 5.56 Å². The van der Waals surface area contributed by atoms with E-state index in [0.717, 1.165) is 25.7 Å². The Balaban J connectivity index is 1.70. The Morgan fingerprint density at radius 3 is 2.61 bits per heavy atom. The second-order valence-corrected chi connectivity index (χ2v) is 8.07. The lowest BCUT2D eigenvalue weighted by Crippen LogP contribution is -1.91. The van der Waals surface area contributed by atoms with E-state index in [9.17, 15) is 0 Å². The molecule has 1 atom stereocenters. The second-order valence-electron chi connectivity index (χ2n) is 5.09. The highest BCUT2D eigenvalue weighted by Crippen LogP contribution is 2.40. The molecule has 3 nitrogen and oxygen atoms in total. The number of nitrogens with zero attached hydrogens (tertiary/aromatic N) is 2. The lowest BCUT2D eigenvalue weighted by atomic mass is 10.2. The maximum Gasteiger partial charge on any atom is 0.210 e. The lowest BCUT2D eigenvalue weighted by molar-refractivity contribution is 1.00. The molecule has 2 aromatic carbocycles. The number of aromatic nitrogens is 2. The number of halogens is 1. The Labute approximate surface area is 149 Å². The van der Waals surface area contributed by atoms with Crippen molar-refractivity contribution in [3.8, 4) is 0 Å². The van der Waals surface area contributed by atoms with E-state index in [-0.39, 0.29) is 5.25 Å². The van der Waals surface area contributed by atoms with E-state index < -0.39 is 0 Å². The van der Waals surface area contributed by atoms with Crippen LogP contribution in [0.15, 0.2) is 52.9 Å². The summed E-state index contributed by atoms with van der Waals surface area (Å²) in [5.74, 6) is 0. The summed E-state index contributed by atoms with van der Waals surface area (Å²) in [4.78, 5) is 0. The van der Waals surface area contributed by atoms with Gasteiger partial charge in [0.15, 0.2) is 4.34 Å². The maximum atomic E-state index is 6.26. The summed E-state index contributed by atoms with van der Waals surface area (Å²) in [6, 6.07) is 16.0. The number of thioether (sulfide) groups is 1. The van der Waals surface area contributed by atoms with Crippen LogP contribution in [0.4, 0.5) is 10.8 Å². The van der Waals surface area contributed by atoms with Gasteiger partial charge < -0.3 is 5.32 Å². The van der Waals surface area contributed by atoms with Crippen molar-refractivity contribution in [3.05, 3.63) is 64.7 Å². The Morgan fingerprint density at radius 1 is 1.09 bits per heavy atom. The van der Waals surface area contributed by atoms with Crippen molar-refractivity contribution in [2.24, 2.45) is 0 Å². The number of aryl methyl sites for hydroxylation is 1. The van der Waals surface area contributed by atoms with E-state index in [2.05, 4.69) is 35.4 Å². The van der Waals surface area contributed by atoms with Gasteiger partial charge in [0.2, 0.25) is 5.13 Å². The third-order valence-corrected chi connectivity index (χ3v) is 5.82. The standard InChI is InChI=1S/C17H16ClN3S2/c1-11-7-3-6-10-15(11)19-16-20-21-17(23-16)22-12(2)13-8-4-5-9-14(13)18/h3-10,12H,1-2H3,(H,19,20)/t12-/m0/s1. The summed E-state index contributed by atoms with van der Waals surface area (Å²) in [6.07, 6.45) is 0. The Morgan fingerprint density at radius 2 is 1.83 bits per heavy atom. The van der Waals surface area contributed by atoms with Crippen molar-refractivity contribution in [3.63, 3.8) is 0 Å². The predicted molar refractivity (Wildman–Crippen MR) is 100 cm³/mol. The minimum Gasteiger partial charge on any atom is -0.330 e. The van der Waals surface area contributed by atoms with E-state index in [1.807, 2.05) is 42.5 Å². The SMILES string of the molecule is Cc1ccccc1Nc1nnc(S[C@@H](C)c2ccccc2Cl)s1. The number of hydrogen-bond donors (Lipinski definition) is 1. The highest BCUT2D eigenvalue weighted by atomic mass is 35.5. The number of hydrogen-bond acceptors (Lipinski definition) is 5. The molecule has 0 bridgehead atoms. The van der Waals surface area contributed by atoms with Crippen LogP contribution in [0.3, 0.4) is 0 Å². The smallest absolute Gasteiger partial charge is 0.210 e. The molecule has 118 valence electrons. The number of benzene rings is 2. The van der Waals surface area contributed by atoms with E-state index in [0.29, 0.717) is 0 Å². The largest absolute Gasteiger partial charge is 0.330 e. The molecular formula is C17H16ClN3S2. The van der Waals surface area contributed by atoms with Crippen LogP contribution in [0.2, 0.25) is 5.02 Å². The molecule has 0 radical (unpaired) electrons. The third-order valence-electron chi connectivity index (χ3n) is 3.41.